The Hall–Kier alpha value is -4.18. The molecule has 3 atom stereocenters. The molecule has 1 aromatic heterocycles. The van der Waals surface area contributed by atoms with E-state index in [0.29, 0.717) is 11.3 Å². The van der Waals surface area contributed by atoms with Gasteiger partial charge in [-0.05, 0) is 50.6 Å². The molecule has 2 N–H and O–H groups in total. The number of dihydropyridines is 1. The van der Waals surface area contributed by atoms with Gasteiger partial charge in [-0.15, -0.1) is 0 Å². The molecule has 0 saturated carbocycles. The van der Waals surface area contributed by atoms with Crippen LogP contribution in [0.1, 0.15) is 53.5 Å². The van der Waals surface area contributed by atoms with E-state index < -0.39 is 35.7 Å². The molecule has 2 aromatic rings. The Balaban J connectivity index is 1.78. The quantitative estimate of drug-likeness (QED) is 0.378. The molecule has 2 aliphatic rings. The van der Waals surface area contributed by atoms with Crippen molar-refractivity contribution in [3.63, 3.8) is 0 Å². The van der Waals surface area contributed by atoms with Crippen LogP contribution in [-0.4, -0.2) is 35.9 Å². The average molecular weight is 553 g/mol. The van der Waals surface area contributed by atoms with Gasteiger partial charge in [0.15, 0.2) is 11.5 Å². The number of oxazole rings is 1. The van der Waals surface area contributed by atoms with E-state index in [1.807, 2.05) is 19.1 Å². The molecule has 2 heterocycles. The first-order chi connectivity index (χ1) is 18.8. The maximum absolute atomic E-state index is 13.7. The maximum Gasteiger partial charge on any atom is 0.433 e. The molecular weight excluding hydrogens is 521 g/mol. The number of hydrogen-bond donors (Lipinski definition) is 1. The number of alkyl halides is 3. The number of ether oxygens (including phenoxy) is 1. The summed E-state index contributed by atoms with van der Waals surface area (Å²) in [5.41, 5.74) is 7.47. The van der Waals surface area contributed by atoms with Crippen LogP contribution in [0.25, 0.3) is 0 Å². The Kier molecular flexibility index (Phi) is 8.02. The molecule has 1 aliphatic carbocycles. The second-order valence-electron chi connectivity index (χ2n) is 9.90. The standard InChI is InChI=1S/C30H31F3N4O3/c1-7-18(5)24(34)27-26(29(38)37(6)19-10-8-17(4)9-11-19)36-28(40-27)21-12-14-22(39-16(2)3)25-20(21)13-15-23(35-25)30(31,32)33/h7-16,20-21,24H,1,5,34H2,2-4,6H3. The first-order valence-corrected chi connectivity index (χ1v) is 12.7. The van der Waals surface area contributed by atoms with Crippen molar-refractivity contribution in [2.24, 2.45) is 16.6 Å². The van der Waals surface area contributed by atoms with E-state index in [4.69, 9.17) is 14.9 Å². The minimum Gasteiger partial charge on any atom is -0.489 e. The van der Waals surface area contributed by atoms with Gasteiger partial charge in [0.25, 0.3) is 5.91 Å². The molecule has 10 heteroatoms. The Bertz CT molecular complexity index is 1450. The largest absolute Gasteiger partial charge is 0.489 e. The number of aromatic nitrogens is 1. The molecule has 40 heavy (non-hydrogen) atoms. The fraction of sp³-hybridized carbons (Fsp3) is 0.300. The van der Waals surface area contributed by atoms with E-state index in [1.54, 1.807) is 45.2 Å². The fourth-order valence-corrected chi connectivity index (χ4v) is 4.38. The minimum atomic E-state index is -4.64. The van der Waals surface area contributed by atoms with Crippen molar-refractivity contribution in [3.05, 3.63) is 108 Å². The van der Waals surface area contributed by atoms with Gasteiger partial charge in [0.05, 0.1) is 23.8 Å². The molecule has 0 fully saturated rings. The Labute approximate surface area is 230 Å². The topological polar surface area (TPSA) is 94.0 Å². The number of fused-ring (bicyclic) bond motifs is 1. The number of aliphatic imine (C=N–C) groups is 1. The predicted octanol–water partition coefficient (Wildman–Crippen LogP) is 6.48. The summed E-state index contributed by atoms with van der Waals surface area (Å²) in [7, 11) is 1.60. The summed E-state index contributed by atoms with van der Waals surface area (Å²) in [6, 6.07) is 6.43. The van der Waals surface area contributed by atoms with E-state index >= 15 is 0 Å². The number of nitrogens with two attached hydrogens (primary N) is 1. The zero-order valence-electron chi connectivity index (χ0n) is 22.7. The lowest BCUT2D eigenvalue weighted by Gasteiger charge is -2.29. The van der Waals surface area contributed by atoms with Crippen LogP contribution in [-0.2, 0) is 4.74 Å². The zero-order chi connectivity index (χ0) is 29.4. The monoisotopic (exact) mass is 552 g/mol. The van der Waals surface area contributed by atoms with Crippen LogP contribution < -0.4 is 10.6 Å². The number of aryl methyl sites for hydroxylation is 1. The lowest BCUT2D eigenvalue weighted by atomic mass is 9.83. The van der Waals surface area contributed by atoms with Gasteiger partial charge in [-0.25, -0.2) is 9.98 Å². The lowest BCUT2D eigenvalue weighted by molar-refractivity contribution is -0.0579. The summed E-state index contributed by atoms with van der Waals surface area (Å²) in [6.07, 6.45) is 2.12. The van der Waals surface area contributed by atoms with Crippen LogP contribution in [0.4, 0.5) is 18.9 Å². The number of hydrogen-bond acceptors (Lipinski definition) is 6. The highest BCUT2D eigenvalue weighted by molar-refractivity contribution is 6.05. The van der Waals surface area contributed by atoms with Gasteiger partial charge in [0.1, 0.15) is 11.5 Å². The van der Waals surface area contributed by atoms with Crippen molar-refractivity contribution in [1.29, 1.82) is 0 Å². The van der Waals surface area contributed by atoms with E-state index in [2.05, 4.69) is 23.1 Å². The van der Waals surface area contributed by atoms with Crippen LogP contribution in [0.2, 0.25) is 0 Å². The highest BCUT2D eigenvalue weighted by Gasteiger charge is 2.41. The van der Waals surface area contributed by atoms with Crippen LogP contribution in [0.3, 0.4) is 0 Å². The third kappa shape index (κ3) is 5.72. The molecule has 0 radical (unpaired) electrons. The number of halogens is 3. The number of nitrogens with zero attached hydrogens (tertiary/aromatic N) is 3. The minimum absolute atomic E-state index is 0.0315. The summed E-state index contributed by atoms with van der Waals surface area (Å²) in [4.78, 5) is 23.5. The van der Waals surface area contributed by atoms with E-state index in [9.17, 15) is 18.0 Å². The molecular formula is C30H31F3N4O3. The van der Waals surface area contributed by atoms with Gasteiger partial charge in [-0.3, -0.25) is 4.79 Å². The SMILES string of the molecule is C=CC(=C)C(N)c1oc(C2C=CC(OC(C)C)=C3N=C(C(F)(F)F)C=CC32)nc1C(=O)N(C)c1ccc(C)cc1. The average Bonchev–Trinajstić information content (AvgIpc) is 3.36. The smallest absolute Gasteiger partial charge is 0.433 e. The summed E-state index contributed by atoms with van der Waals surface area (Å²) < 4.78 is 52.5. The number of carbonyl (C=O) groups is 1. The van der Waals surface area contributed by atoms with Gasteiger partial charge in [-0.2, -0.15) is 13.2 Å². The molecule has 1 aliphatic heterocycles. The molecule has 4 rings (SSSR count). The maximum atomic E-state index is 13.7. The highest BCUT2D eigenvalue weighted by Crippen LogP contribution is 2.43. The van der Waals surface area contributed by atoms with Crippen molar-refractivity contribution >= 4 is 17.3 Å². The van der Waals surface area contributed by atoms with E-state index in [0.717, 1.165) is 11.6 Å². The number of amides is 1. The third-order valence-electron chi connectivity index (χ3n) is 6.59. The Morgan fingerprint density at radius 2 is 1.82 bits per heavy atom. The molecule has 1 aromatic carbocycles. The summed E-state index contributed by atoms with van der Waals surface area (Å²) in [5, 5.41) is 0. The molecule has 7 nitrogen and oxygen atoms in total. The molecule has 1 amide bonds. The molecule has 0 bridgehead atoms. The Morgan fingerprint density at radius 3 is 2.42 bits per heavy atom. The summed E-state index contributed by atoms with van der Waals surface area (Å²) in [6.45, 7) is 13.1. The van der Waals surface area contributed by atoms with Gasteiger partial charge in [-0.1, -0.05) is 49.1 Å². The summed E-state index contributed by atoms with van der Waals surface area (Å²) in [5.74, 6) is -1.45. The highest BCUT2D eigenvalue weighted by atomic mass is 19.4. The van der Waals surface area contributed by atoms with Crippen LogP contribution >= 0.6 is 0 Å². The molecule has 0 spiro atoms. The Morgan fingerprint density at radius 1 is 1.18 bits per heavy atom. The second-order valence-corrected chi connectivity index (χ2v) is 9.90. The zero-order valence-corrected chi connectivity index (χ0v) is 22.7. The lowest BCUT2D eigenvalue weighted by Crippen LogP contribution is -2.29. The van der Waals surface area contributed by atoms with Gasteiger partial charge >= 0.3 is 6.18 Å². The van der Waals surface area contributed by atoms with E-state index in [-0.39, 0.29) is 34.9 Å². The normalized spacial score (nSPS) is 19.3. The fourth-order valence-electron chi connectivity index (χ4n) is 4.38. The van der Waals surface area contributed by atoms with Crippen LogP contribution in [0, 0.1) is 12.8 Å². The number of rotatable bonds is 8. The van der Waals surface area contributed by atoms with Crippen molar-refractivity contribution in [2.75, 3.05) is 11.9 Å². The van der Waals surface area contributed by atoms with Crippen molar-refractivity contribution in [2.45, 2.75) is 45.0 Å². The number of benzene rings is 1. The molecule has 0 saturated heterocycles. The number of carbonyl (C=O) groups excluding carboxylic acids is 1. The van der Waals surface area contributed by atoms with Gasteiger partial charge < -0.3 is 19.8 Å². The van der Waals surface area contributed by atoms with Crippen LogP contribution in [0.15, 0.2) is 94.2 Å². The molecule has 210 valence electrons. The summed E-state index contributed by atoms with van der Waals surface area (Å²) >= 11 is 0. The van der Waals surface area contributed by atoms with Crippen molar-refractivity contribution in [3.8, 4) is 0 Å². The molecule has 3 unspecified atom stereocenters. The second kappa shape index (κ2) is 11.1. The van der Waals surface area contributed by atoms with Crippen molar-refractivity contribution < 1.29 is 27.1 Å². The van der Waals surface area contributed by atoms with Crippen LogP contribution in [0.5, 0.6) is 0 Å². The number of anilines is 1. The first kappa shape index (κ1) is 28.8. The first-order valence-electron chi connectivity index (χ1n) is 12.7. The van der Waals surface area contributed by atoms with Crippen molar-refractivity contribution in [1.82, 2.24) is 4.98 Å². The third-order valence-corrected chi connectivity index (χ3v) is 6.59. The predicted molar refractivity (Wildman–Crippen MR) is 148 cm³/mol. The van der Waals surface area contributed by atoms with Gasteiger partial charge in [0, 0.05) is 18.7 Å². The van der Waals surface area contributed by atoms with Gasteiger partial charge in [0.2, 0.25) is 5.89 Å². The number of allylic oxidation sites excluding steroid dienone is 4. The van der Waals surface area contributed by atoms with E-state index in [1.165, 1.54) is 17.1 Å².